The summed E-state index contributed by atoms with van der Waals surface area (Å²) >= 11 is 0. The van der Waals surface area contributed by atoms with E-state index in [2.05, 4.69) is 27.1 Å². The van der Waals surface area contributed by atoms with Crippen molar-refractivity contribution in [1.29, 1.82) is 0 Å². The van der Waals surface area contributed by atoms with E-state index in [9.17, 15) is 4.79 Å². The second-order valence-electron chi connectivity index (χ2n) is 3.65. The van der Waals surface area contributed by atoms with Crippen LogP contribution >= 0.6 is 0 Å². The van der Waals surface area contributed by atoms with Gasteiger partial charge in [-0.3, -0.25) is 0 Å². The molecule has 2 aromatic heterocycles. The lowest BCUT2D eigenvalue weighted by molar-refractivity contribution is 0.149. The predicted octanol–water partition coefficient (Wildman–Crippen LogP) is 0.422. The van der Waals surface area contributed by atoms with Crippen molar-refractivity contribution < 1.29 is 4.74 Å². The van der Waals surface area contributed by atoms with Crippen LogP contribution in [0.25, 0.3) is 5.65 Å². The second kappa shape index (κ2) is 5.97. The van der Waals surface area contributed by atoms with Crippen LogP contribution in [0.15, 0.2) is 29.8 Å². The van der Waals surface area contributed by atoms with Crippen LogP contribution in [0.3, 0.4) is 0 Å². The van der Waals surface area contributed by atoms with Crippen LogP contribution in [-0.4, -0.2) is 39.3 Å². The molecule has 0 fully saturated rings. The van der Waals surface area contributed by atoms with Crippen LogP contribution in [0.4, 0.5) is 5.82 Å². The first kappa shape index (κ1) is 12.3. The second-order valence-corrected chi connectivity index (χ2v) is 3.65. The first-order chi connectivity index (χ1) is 8.81. The molecule has 7 nitrogen and oxygen atoms in total. The Morgan fingerprint density at radius 3 is 3.28 bits per heavy atom. The van der Waals surface area contributed by atoms with Crippen molar-refractivity contribution in [1.82, 2.24) is 19.6 Å². The molecule has 0 aliphatic heterocycles. The minimum atomic E-state index is -0.295. The molecule has 0 atom stereocenters. The Bertz CT molecular complexity index is 574. The average molecular weight is 249 g/mol. The first-order valence-corrected chi connectivity index (χ1v) is 5.66. The van der Waals surface area contributed by atoms with Gasteiger partial charge in [0, 0.05) is 12.6 Å². The standard InChI is InChI=1S/C11H15N5O2/c1-2-3-5-18-6-4-12-9-7-10-14-15-11(17)16(10)8-13-9/h2,7-8,12H,1,3-6H2,(H,15,17). The Morgan fingerprint density at radius 2 is 2.44 bits per heavy atom. The molecule has 2 heterocycles. The smallest absolute Gasteiger partial charge is 0.348 e. The van der Waals surface area contributed by atoms with E-state index in [1.54, 1.807) is 6.07 Å². The van der Waals surface area contributed by atoms with Crippen molar-refractivity contribution in [2.75, 3.05) is 25.1 Å². The van der Waals surface area contributed by atoms with Gasteiger partial charge >= 0.3 is 5.69 Å². The summed E-state index contributed by atoms with van der Waals surface area (Å²) in [5.74, 6) is 0.661. The minimum Gasteiger partial charge on any atom is -0.379 e. The fraction of sp³-hybridized carbons (Fsp3) is 0.364. The molecule has 0 aliphatic rings. The van der Waals surface area contributed by atoms with Crippen LogP contribution in [0.1, 0.15) is 6.42 Å². The topological polar surface area (TPSA) is 84.3 Å². The van der Waals surface area contributed by atoms with Gasteiger partial charge in [-0.15, -0.1) is 6.58 Å². The molecule has 0 radical (unpaired) electrons. The largest absolute Gasteiger partial charge is 0.379 e. The van der Waals surface area contributed by atoms with Crippen LogP contribution in [0.2, 0.25) is 0 Å². The lowest BCUT2D eigenvalue weighted by Gasteiger charge is -2.05. The monoisotopic (exact) mass is 249 g/mol. The van der Waals surface area contributed by atoms with Crippen molar-refractivity contribution in [3.8, 4) is 0 Å². The Hall–Kier alpha value is -2.15. The van der Waals surface area contributed by atoms with Crippen molar-refractivity contribution in [2.24, 2.45) is 0 Å². The van der Waals surface area contributed by atoms with E-state index in [1.807, 2.05) is 6.08 Å². The van der Waals surface area contributed by atoms with Crippen LogP contribution in [-0.2, 0) is 4.74 Å². The maximum Gasteiger partial charge on any atom is 0.348 e. The number of H-pyrrole nitrogens is 1. The summed E-state index contributed by atoms with van der Waals surface area (Å²) in [5.41, 5.74) is 0.238. The third-order valence-corrected chi connectivity index (χ3v) is 2.33. The normalized spacial score (nSPS) is 10.7. The lowest BCUT2D eigenvalue weighted by Crippen LogP contribution is -2.13. The molecule has 7 heteroatoms. The van der Waals surface area contributed by atoms with E-state index < -0.39 is 0 Å². The van der Waals surface area contributed by atoms with Gasteiger partial charge in [-0.05, 0) is 6.42 Å². The van der Waals surface area contributed by atoms with Crippen LogP contribution < -0.4 is 11.0 Å². The minimum absolute atomic E-state index is 0.295. The van der Waals surface area contributed by atoms with Gasteiger partial charge < -0.3 is 10.1 Å². The number of nitrogens with zero attached hydrogens (tertiary/aromatic N) is 3. The fourth-order valence-electron chi connectivity index (χ4n) is 1.43. The Kier molecular flexibility index (Phi) is 4.08. The van der Waals surface area contributed by atoms with Gasteiger partial charge in [0.15, 0.2) is 5.65 Å². The Labute approximate surface area is 104 Å². The number of fused-ring (bicyclic) bond motifs is 1. The van der Waals surface area contributed by atoms with Gasteiger partial charge in [0.2, 0.25) is 0 Å². The first-order valence-electron chi connectivity index (χ1n) is 5.66. The average Bonchev–Trinajstić information content (AvgIpc) is 2.75. The van der Waals surface area contributed by atoms with Gasteiger partial charge in [-0.2, -0.15) is 5.10 Å². The lowest BCUT2D eigenvalue weighted by atomic mass is 10.4. The maximum absolute atomic E-state index is 11.2. The highest BCUT2D eigenvalue weighted by molar-refractivity contribution is 5.48. The number of hydrogen-bond donors (Lipinski definition) is 2. The molecule has 2 aromatic rings. The SMILES string of the molecule is C=CCCOCCNc1cc2n[nH]c(=O)n2cn1. The number of aromatic amines is 1. The van der Waals surface area contributed by atoms with Crippen LogP contribution in [0, 0.1) is 0 Å². The van der Waals surface area contributed by atoms with Gasteiger partial charge in [-0.25, -0.2) is 19.3 Å². The number of anilines is 1. The molecule has 0 saturated carbocycles. The zero-order chi connectivity index (χ0) is 12.8. The summed E-state index contributed by atoms with van der Waals surface area (Å²) in [6.45, 7) is 5.53. The number of ether oxygens (including phenoxy) is 1. The summed E-state index contributed by atoms with van der Waals surface area (Å²) in [6.07, 6.45) is 4.10. The third kappa shape index (κ3) is 2.95. The summed E-state index contributed by atoms with van der Waals surface area (Å²) in [5, 5.41) is 9.29. The molecule has 0 amide bonds. The summed E-state index contributed by atoms with van der Waals surface area (Å²) in [4.78, 5) is 15.3. The Balaban J connectivity index is 1.84. The summed E-state index contributed by atoms with van der Waals surface area (Å²) in [6, 6.07) is 1.70. The summed E-state index contributed by atoms with van der Waals surface area (Å²) in [7, 11) is 0. The van der Waals surface area contributed by atoms with Gasteiger partial charge in [0.1, 0.15) is 12.1 Å². The highest BCUT2D eigenvalue weighted by Crippen LogP contribution is 2.03. The molecular weight excluding hydrogens is 234 g/mol. The van der Waals surface area contributed by atoms with Crippen molar-refractivity contribution in [2.45, 2.75) is 6.42 Å². The zero-order valence-electron chi connectivity index (χ0n) is 9.93. The molecule has 0 spiro atoms. The number of rotatable bonds is 7. The van der Waals surface area contributed by atoms with Crippen molar-refractivity contribution in [3.05, 3.63) is 35.5 Å². The van der Waals surface area contributed by atoms with E-state index in [0.717, 1.165) is 6.42 Å². The molecule has 0 aromatic carbocycles. The zero-order valence-corrected chi connectivity index (χ0v) is 9.93. The van der Waals surface area contributed by atoms with Gasteiger partial charge in [0.05, 0.1) is 13.2 Å². The van der Waals surface area contributed by atoms with Crippen molar-refractivity contribution in [3.63, 3.8) is 0 Å². The van der Waals surface area contributed by atoms with E-state index in [-0.39, 0.29) is 5.69 Å². The predicted molar refractivity (Wildman–Crippen MR) is 67.7 cm³/mol. The number of aromatic nitrogens is 4. The molecule has 96 valence electrons. The fourth-order valence-corrected chi connectivity index (χ4v) is 1.43. The summed E-state index contributed by atoms with van der Waals surface area (Å²) < 4.78 is 6.69. The highest BCUT2D eigenvalue weighted by atomic mass is 16.5. The molecule has 0 aliphatic carbocycles. The third-order valence-electron chi connectivity index (χ3n) is 2.33. The van der Waals surface area contributed by atoms with Crippen LogP contribution in [0.5, 0.6) is 0 Å². The molecule has 0 unspecified atom stereocenters. The molecule has 2 N–H and O–H groups in total. The molecule has 2 rings (SSSR count). The number of nitrogens with one attached hydrogen (secondary N) is 2. The van der Waals surface area contributed by atoms with E-state index in [4.69, 9.17) is 4.74 Å². The molecule has 0 bridgehead atoms. The molecule has 18 heavy (non-hydrogen) atoms. The van der Waals surface area contributed by atoms with Crippen molar-refractivity contribution >= 4 is 11.5 Å². The van der Waals surface area contributed by atoms with E-state index in [1.165, 1.54) is 10.7 Å². The van der Waals surface area contributed by atoms with E-state index >= 15 is 0 Å². The van der Waals surface area contributed by atoms with Gasteiger partial charge in [-0.1, -0.05) is 6.08 Å². The molecule has 0 saturated heterocycles. The number of hydrogen-bond acceptors (Lipinski definition) is 5. The Morgan fingerprint density at radius 1 is 1.56 bits per heavy atom. The van der Waals surface area contributed by atoms with E-state index in [0.29, 0.717) is 31.2 Å². The molecular formula is C11H15N5O2. The van der Waals surface area contributed by atoms with Gasteiger partial charge in [0.25, 0.3) is 0 Å². The quantitative estimate of drug-likeness (QED) is 0.549. The maximum atomic E-state index is 11.2. The highest BCUT2D eigenvalue weighted by Gasteiger charge is 2.01.